The number of hydrogen-bond acceptors (Lipinski definition) is 2. The fraction of sp³-hybridized carbons (Fsp3) is 0.867. The maximum atomic E-state index is 12.6. The Labute approximate surface area is 115 Å². The lowest BCUT2D eigenvalue weighted by Gasteiger charge is -2.36. The first-order valence-electron chi connectivity index (χ1n) is 7.57. The van der Waals surface area contributed by atoms with Crippen molar-refractivity contribution in [3.05, 3.63) is 0 Å². The summed E-state index contributed by atoms with van der Waals surface area (Å²) >= 11 is 0. The number of carboxylic acid groups (broad SMARTS) is 1. The van der Waals surface area contributed by atoms with Crippen LogP contribution in [0.4, 0.5) is 0 Å². The molecule has 1 aliphatic heterocycles. The average molecular weight is 267 g/mol. The van der Waals surface area contributed by atoms with Gasteiger partial charge in [0.05, 0.1) is 11.8 Å². The van der Waals surface area contributed by atoms with Crippen LogP contribution >= 0.6 is 0 Å². The summed E-state index contributed by atoms with van der Waals surface area (Å²) in [5.74, 6) is -1.06. The molecule has 0 radical (unpaired) electrons. The molecule has 0 aromatic heterocycles. The molecular weight excluding hydrogens is 242 g/mol. The van der Waals surface area contributed by atoms with Crippen molar-refractivity contribution in [3.8, 4) is 0 Å². The van der Waals surface area contributed by atoms with Gasteiger partial charge in [0.2, 0.25) is 5.91 Å². The third-order valence-electron chi connectivity index (χ3n) is 4.96. The van der Waals surface area contributed by atoms with Crippen molar-refractivity contribution in [3.63, 3.8) is 0 Å². The Morgan fingerprint density at radius 1 is 1.21 bits per heavy atom. The van der Waals surface area contributed by atoms with E-state index in [-0.39, 0.29) is 17.9 Å². The highest BCUT2D eigenvalue weighted by Crippen LogP contribution is 2.40. The normalized spacial score (nSPS) is 35.4. The topological polar surface area (TPSA) is 57.6 Å². The van der Waals surface area contributed by atoms with Gasteiger partial charge < -0.3 is 10.0 Å². The summed E-state index contributed by atoms with van der Waals surface area (Å²) < 4.78 is 0. The van der Waals surface area contributed by atoms with Crippen LogP contribution in [0.25, 0.3) is 0 Å². The summed E-state index contributed by atoms with van der Waals surface area (Å²) in [6.07, 6.45) is 5.68. The minimum absolute atomic E-state index is 0.0931. The lowest BCUT2D eigenvalue weighted by atomic mass is 9.92. The molecule has 19 heavy (non-hydrogen) atoms. The highest BCUT2D eigenvalue weighted by Gasteiger charge is 2.44. The second kappa shape index (κ2) is 5.93. The summed E-state index contributed by atoms with van der Waals surface area (Å²) in [4.78, 5) is 26.0. The molecule has 1 saturated heterocycles. The zero-order valence-electron chi connectivity index (χ0n) is 12.0. The number of likely N-dealkylation sites (tertiary alicyclic amines) is 1. The Kier molecular flexibility index (Phi) is 4.48. The van der Waals surface area contributed by atoms with E-state index in [0.717, 1.165) is 32.2 Å². The average Bonchev–Trinajstić information content (AvgIpc) is 2.83. The van der Waals surface area contributed by atoms with Crippen LogP contribution in [0.1, 0.15) is 52.4 Å². The van der Waals surface area contributed by atoms with E-state index in [0.29, 0.717) is 12.3 Å². The van der Waals surface area contributed by atoms with Crippen molar-refractivity contribution in [2.45, 2.75) is 58.4 Å². The predicted molar refractivity (Wildman–Crippen MR) is 72.7 cm³/mol. The standard InChI is InChI=1S/C15H25NO3/c1-3-11-8-12(13(9-11)15(18)19)14(17)16-7-5-4-6-10(16)2/h10-13H,3-9H2,1-2H3,(H,18,19)/t10?,11?,12-,13+/m0/s1. The van der Waals surface area contributed by atoms with Gasteiger partial charge in [-0.05, 0) is 44.9 Å². The first kappa shape index (κ1) is 14.4. The minimum Gasteiger partial charge on any atom is -0.481 e. The fourth-order valence-corrected chi connectivity index (χ4v) is 3.66. The van der Waals surface area contributed by atoms with Crippen LogP contribution < -0.4 is 0 Å². The molecule has 108 valence electrons. The molecule has 0 aromatic rings. The summed E-state index contributed by atoms with van der Waals surface area (Å²) in [5, 5.41) is 9.34. The first-order chi connectivity index (χ1) is 9.04. The molecule has 1 saturated carbocycles. The van der Waals surface area contributed by atoms with Gasteiger partial charge in [0.15, 0.2) is 0 Å². The van der Waals surface area contributed by atoms with E-state index in [1.54, 1.807) is 0 Å². The molecule has 1 amide bonds. The van der Waals surface area contributed by atoms with E-state index in [1.807, 2.05) is 4.90 Å². The summed E-state index contributed by atoms with van der Waals surface area (Å²) in [7, 11) is 0. The zero-order valence-corrected chi connectivity index (χ0v) is 12.0. The molecule has 4 atom stereocenters. The number of carbonyl (C=O) groups excluding carboxylic acids is 1. The van der Waals surface area contributed by atoms with E-state index >= 15 is 0 Å². The van der Waals surface area contributed by atoms with Crippen molar-refractivity contribution in [2.75, 3.05) is 6.54 Å². The number of piperidine rings is 1. The Hall–Kier alpha value is -1.06. The molecule has 2 aliphatic rings. The monoisotopic (exact) mass is 267 g/mol. The molecule has 2 unspecified atom stereocenters. The van der Waals surface area contributed by atoms with Crippen LogP contribution in [0.15, 0.2) is 0 Å². The van der Waals surface area contributed by atoms with Gasteiger partial charge in [0, 0.05) is 12.6 Å². The molecule has 0 spiro atoms. The third kappa shape index (κ3) is 2.93. The smallest absolute Gasteiger partial charge is 0.307 e. The zero-order chi connectivity index (χ0) is 14.0. The number of aliphatic carboxylic acids is 1. The van der Waals surface area contributed by atoms with E-state index in [2.05, 4.69) is 13.8 Å². The van der Waals surface area contributed by atoms with Crippen molar-refractivity contribution >= 4 is 11.9 Å². The highest BCUT2D eigenvalue weighted by atomic mass is 16.4. The maximum absolute atomic E-state index is 12.6. The second-order valence-corrected chi connectivity index (χ2v) is 6.17. The van der Waals surface area contributed by atoms with Gasteiger partial charge in [-0.2, -0.15) is 0 Å². The Bertz CT molecular complexity index is 355. The minimum atomic E-state index is -0.793. The largest absolute Gasteiger partial charge is 0.481 e. The van der Waals surface area contributed by atoms with Crippen molar-refractivity contribution < 1.29 is 14.7 Å². The lowest BCUT2D eigenvalue weighted by molar-refractivity contribution is -0.150. The van der Waals surface area contributed by atoms with Gasteiger partial charge in [-0.15, -0.1) is 0 Å². The van der Waals surface area contributed by atoms with E-state index in [1.165, 1.54) is 6.42 Å². The van der Waals surface area contributed by atoms with Crippen LogP contribution in [-0.2, 0) is 9.59 Å². The fourth-order valence-electron chi connectivity index (χ4n) is 3.66. The molecule has 1 N–H and O–H groups in total. The number of carbonyl (C=O) groups is 2. The van der Waals surface area contributed by atoms with Gasteiger partial charge in [-0.1, -0.05) is 13.3 Å². The molecular formula is C15H25NO3. The lowest BCUT2D eigenvalue weighted by Crippen LogP contribution is -2.46. The SMILES string of the molecule is CCC1C[C@H](C(=O)N2CCCCC2C)[C@H](C(=O)O)C1. The molecule has 0 bridgehead atoms. The van der Waals surface area contributed by atoms with Gasteiger partial charge in [0.25, 0.3) is 0 Å². The van der Waals surface area contributed by atoms with Crippen molar-refractivity contribution in [1.82, 2.24) is 4.90 Å². The Morgan fingerprint density at radius 2 is 1.89 bits per heavy atom. The maximum Gasteiger partial charge on any atom is 0.307 e. The Morgan fingerprint density at radius 3 is 2.47 bits per heavy atom. The number of nitrogens with zero attached hydrogens (tertiary/aromatic N) is 1. The van der Waals surface area contributed by atoms with Gasteiger partial charge in [0.1, 0.15) is 0 Å². The van der Waals surface area contributed by atoms with Crippen molar-refractivity contribution in [2.24, 2.45) is 17.8 Å². The van der Waals surface area contributed by atoms with Crippen LogP contribution in [0.3, 0.4) is 0 Å². The quantitative estimate of drug-likeness (QED) is 0.854. The van der Waals surface area contributed by atoms with Gasteiger partial charge in [-0.25, -0.2) is 0 Å². The molecule has 4 heteroatoms. The van der Waals surface area contributed by atoms with Crippen LogP contribution in [0.2, 0.25) is 0 Å². The van der Waals surface area contributed by atoms with Gasteiger partial charge in [-0.3, -0.25) is 9.59 Å². The van der Waals surface area contributed by atoms with Crippen LogP contribution in [0, 0.1) is 17.8 Å². The molecule has 2 fully saturated rings. The van der Waals surface area contributed by atoms with Crippen LogP contribution in [0.5, 0.6) is 0 Å². The van der Waals surface area contributed by atoms with Gasteiger partial charge >= 0.3 is 5.97 Å². The molecule has 1 aliphatic carbocycles. The van der Waals surface area contributed by atoms with Crippen LogP contribution in [-0.4, -0.2) is 34.5 Å². The van der Waals surface area contributed by atoms with E-state index < -0.39 is 11.9 Å². The number of amides is 1. The summed E-state index contributed by atoms with van der Waals surface area (Å²) in [5.41, 5.74) is 0. The molecule has 4 nitrogen and oxygen atoms in total. The second-order valence-electron chi connectivity index (χ2n) is 6.17. The first-order valence-corrected chi connectivity index (χ1v) is 7.57. The number of rotatable bonds is 3. The molecule has 2 rings (SSSR count). The predicted octanol–water partition coefficient (Wildman–Crippen LogP) is 2.52. The van der Waals surface area contributed by atoms with Crippen molar-refractivity contribution in [1.29, 1.82) is 0 Å². The Balaban J connectivity index is 2.09. The number of carboxylic acids is 1. The summed E-state index contributed by atoms with van der Waals surface area (Å²) in [6, 6.07) is 0.274. The third-order valence-corrected chi connectivity index (χ3v) is 4.96. The van der Waals surface area contributed by atoms with E-state index in [4.69, 9.17) is 0 Å². The summed E-state index contributed by atoms with van der Waals surface area (Å²) in [6.45, 7) is 4.97. The number of hydrogen-bond donors (Lipinski definition) is 1. The molecule has 0 aromatic carbocycles. The van der Waals surface area contributed by atoms with E-state index in [9.17, 15) is 14.7 Å². The highest BCUT2D eigenvalue weighted by molar-refractivity contribution is 5.85. The molecule has 1 heterocycles.